The maximum atomic E-state index is 12.3. The predicted molar refractivity (Wildman–Crippen MR) is 98.0 cm³/mol. The second-order valence-electron chi connectivity index (χ2n) is 5.06. The van der Waals surface area contributed by atoms with Crippen molar-refractivity contribution in [2.75, 3.05) is 10.6 Å². The average molecular weight is 374 g/mol. The van der Waals surface area contributed by atoms with Gasteiger partial charge in [-0.15, -0.1) is 10.2 Å². The Kier molecular flexibility index (Phi) is 5.42. The zero-order valence-electron chi connectivity index (χ0n) is 12.9. The summed E-state index contributed by atoms with van der Waals surface area (Å²) in [5, 5.41) is 14.4. The zero-order chi connectivity index (χ0) is 17.6. The van der Waals surface area contributed by atoms with Gasteiger partial charge in [0.1, 0.15) is 5.82 Å². The zero-order valence-corrected chi connectivity index (χ0v) is 14.4. The molecule has 0 fully saturated rings. The number of carbonyl (C=O) groups excluding carboxylic acids is 1. The van der Waals surface area contributed by atoms with Gasteiger partial charge in [0.05, 0.1) is 15.7 Å². The molecule has 0 spiro atoms. The number of nitrogens with zero attached hydrogens (tertiary/aromatic N) is 3. The standard InChI is InChI=1S/C17H13Cl2N5O/c18-12-2-1-3-13(19)16(12)22-17(25)14-4-5-15(24-23-14)21-10-11-6-8-20-9-7-11/h1-9H,10H2,(H,21,24)(H,22,25). The van der Waals surface area contributed by atoms with Gasteiger partial charge in [0.15, 0.2) is 5.69 Å². The Balaban J connectivity index is 1.64. The number of halogens is 2. The molecule has 2 N–H and O–H groups in total. The lowest BCUT2D eigenvalue weighted by atomic mass is 10.2. The molecule has 6 nitrogen and oxygen atoms in total. The Morgan fingerprint density at radius 1 is 0.960 bits per heavy atom. The largest absolute Gasteiger partial charge is 0.365 e. The molecule has 25 heavy (non-hydrogen) atoms. The number of hydrogen-bond donors (Lipinski definition) is 2. The molecule has 0 saturated carbocycles. The molecule has 3 rings (SSSR count). The molecule has 0 aliphatic rings. The van der Waals surface area contributed by atoms with Crippen molar-refractivity contribution in [2.24, 2.45) is 0 Å². The van der Waals surface area contributed by atoms with Gasteiger partial charge in [0, 0.05) is 18.9 Å². The second-order valence-corrected chi connectivity index (χ2v) is 5.88. The Morgan fingerprint density at radius 3 is 2.32 bits per heavy atom. The van der Waals surface area contributed by atoms with E-state index in [2.05, 4.69) is 25.8 Å². The van der Waals surface area contributed by atoms with Crippen LogP contribution in [0.2, 0.25) is 10.0 Å². The van der Waals surface area contributed by atoms with Gasteiger partial charge in [-0.05, 0) is 42.0 Å². The number of aromatic nitrogens is 3. The molecule has 0 aliphatic heterocycles. The highest BCUT2D eigenvalue weighted by atomic mass is 35.5. The van der Waals surface area contributed by atoms with Crippen molar-refractivity contribution in [2.45, 2.75) is 6.54 Å². The highest BCUT2D eigenvalue weighted by Gasteiger charge is 2.13. The van der Waals surface area contributed by atoms with Crippen LogP contribution in [0.1, 0.15) is 16.1 Å². The van der Waals surface area contributed by atoms with Crippen LogP contribution in [0.4, 0.5) is 11.5 Å². The average Bonchev–Trinajstić information content (AvgIpc) is 2.64. The SMILES string of the molecule is O=C(Nc1c(Cl)cccc1Cl)c1ccc(NCc2ccncc2)nn1. The fraction of sp³-hybridized carbons (Fsp3) is 0.0588. The molecule has 126 valence electrons. The number of rotatable bonds is 5. The summed E-state index contributed by atoms with van der Waals surface area (Å²) in [6, 6.07) is 12.0. The number of para-hydroxylation sites is 1. The first-order valence-corrected chi connectivity index (χ1v) is 8.11. The summed E-state index contributed by atoms with van der Waals surface area (Å²) < 4.78 is 0. The van der Waals surface area contributed by atoms with Crippen molar-refractivity contribution in [1.82, 2.24) is 15.2 Å². The van der Waals surface area contributed by atoms with E-state index < -0.39 is 5.91 Å². The lowest BCUT2D eigenvalue weighted by Crippen LogP contribution is -2.15. The lowest BCUT2D eigenvalue weighted by Gasteiger charge is -2.09. The number of amides is 1. The van der Waals surface area contributed by atoms with Gasteiger partial charge >= 0.3 is 0 Å². The molecule has 0 aliphatic carbocycles. The van der Waals surface area contributed by atoms with Crippen molar-refractivity contribution in [1.29, 1.82) is 0 Å². The minimum atomic E-state index is -0.441. The van der Waals surface area contributed by atoms with E-state index in [1.54, 1.807) is 42.7 Å². The summed E-state index contributed by atoms with van der Waals surface area (Å²) in [6.07, 6.45) is 3.44. The van der Waals surface area contributed by atoms with Crippen LogP contribution in [-0.4, -0.2) is 21.1 Å². The van der Waals surface area contributed by atoms with E-state index in [4.69, 9.17) is 23.2 Å². The van der Waals surface area contributed by atoms with E-state index in [1.165, 1.54) is 0 Å². The minimum Gasteiger partial charge on any atom is -0.365 e. The Hall–Kier alpha value is -2.70. The smallest absolute Gasteiger partial charge is 0.276 e. The quantitative estimate of drug-likeness (QED) is 0.705. The van der Waals surface area contributed by atoms with Crippen LogP contribution in [0.25, 0.3) is 0 Å². The normalized spacial score (nSPS) is 10.3. The predicted octanol–water partition coefficient (Wildman–Crippen LogP) is 4.04. The van der Waals surface area contributed by atoms with Crippen LogP contribution in [0.15, 0.2) is 54.9 Å². The van der Waals surface area contributed by atoms with Crippen LogP contribution in [0, 0.1) is 0 Å². The van der Waals surface area contributed by atoms with Crippen LogP contribution < -0.4 is 10.6 Å². The lowest BCUT2D eigenvalue weighted by molar-refractivity contribution is 0.102. The van der Waals surface area contributed by atoms with Gasteiger partial charge in [0.25, 0.3) is 5.91 Å². The molecule has 0 bridgehead atoms. The van der Waals surface area contributed by atoms with Crippen LogP contribution in [0.5, 0.6) is 0 Å². The van der Waals surface area contributed by atoms with Gasteiger partial charge in [-0.3, -0.25) is 9.78 Å². The summed E-state index contributed by atoms with van der Waals surface area (Å²) in [7, 11) is 0. The summed E-state index contributed by atoms with van der Waals surface area (Å²) in [5.74, 6) is 0.118. The Bertz CT molecular complexity index is 852. The van der Waals surface area contributed by atoms with E-state index in [9.17, 15) is 4.79 Å². The third kappa shape index (κ3) is 4.43. The second kappa shape index (κ2) is 7.92. The van der Waals surface area contributed by atoms with Gasteiger partial charge in [-0.2, -0.15) is 0 Å². The third-order valence-corrected chi connectivity index (χ3v) is 3.95. The third-order valence-electron chi connectivity index (χ3n) is 3.32. The van der Waals surface area contributed by atoms with Crippen LogP contribution >= 0.6 is 23.2 Å². The number of benzene rings is 1. The Labute approximate surface area is 154 Å². The van der Waals surface area contributed by atoms with Crippen molar-refractivity contribution < 1.29 is 4.79 Å². The first-order valence-electron chi connectivity index (χ1n) is 7.35. The van der Waals surface area contributed by atoms with E-state index in [-0.39, 0.29) is 5.69 Å². The van der Waals surface area contributed by atoms with Gasteiger partial charge in [-0.1, -0.05) is 29.3 Å². The molecule has 8 heteroatoms. The summed E-state index contributed by atoms with van der Waals surface area (Å²) in [6.45, 7) is 0.581. The van der Waals surface area contributed by atoms with Crippen LogP contribution in [-0.2, 0) is 6.54 Å². The van der Waals surface area contributed by atoms with Crippen molar-refractivity contribution >= 4 is 40.6 Å². The molecular formula is C17H13Cl2N5O. The number of nitrogens with one attached hydrogen (secondary N) is 2. The molecule has 0 saturated heterocycles. The first kappa shape index (κ1) is 17.1. The summed E-state index contributed by atoms with van der Waals surface area (Å²) >= 11 is 12.1. The van der Waals surface area contributed by atoms with Crippen molar-refractivity contribution in [3.63, 3.8) is 0 Å². The molecule has 0 unspecified atom stereocenters. The molecule has 3 aromatic rings. The maximum Gasteiger partial charge on any atom is 0.276 e. The maximum absolute atomic E-state index is 12.3. The fourth-order valence-corrected chi connectivity index (χ4v) is 2.53. The topological polar surface area (TPSA) is 79.8 Å². The van der Waals surface area contributed by atoms with E-state index in [1.807, 2.05) is 12.1 Å². The summed E-state index contributed by atoms with van der Waals surface area (Å²) in [4.78, 5) is 16.2. The Morgan fingerprint density at radius 2 is 1.68 bits per heavy atom. The van der Waals surface area contributed by atoms with Gasteiger partial charge < -0.3 is 10.6 Å². The van der Waals surface area contributed by atoms with E-state index in [0.717, 1.165) is 5.56 Å². The molecule has 0 radical (unpaired) electrons. The number of anilines is 2. The highest BCUT2D eigenvalue weighted by molar-refractivity contribution is 6.39. The highest BCUT2D eigenvalue weighted by Crippen LogP contribution is 2.30. The molecule has 0 atom stereocenters. The molecular weight excluding hydrogens is 361 g/mol. The molecule has 1 amide bonds. The summed E-state index contributed by atoms with van der Waals surface area (Å²) in [5.41, 5.74) is 1.56. The number of pyridine rings is 1. The van der Waals surface area contributed by atoms with Gasteiger partial charge in [-0.25, -0.2) is 0 Å². The first-order chi connectivity index (χ1) is 12.1. The minimum absolute atomic E-state index is 0.158. The number of hydrogen-bond acceptors (Lipinski definition) is 5. The molecule has 1 aromatic carbocycles. The van der Waals surface area contributed by atoms with Crippen molar-refractivity contribution in [3.8, 4) is 0 Å². The molecule has 2 aromatic heterocycles. The monoisotopic (exact) mass is 373 g/mol. The fourth-order valence-electron chi connectivity index (χ4n) is 2.04. The molecule has 2 heterocycles. The van der Waals surface area contributed by atoms with E-state index >= 15 is 0 Å². The van der Waals surface area contributed by atoms with E-state index in [0.29, 0.717) is 28.1 Å². The van der Waals surface area contributed by atoms with Gasteiger partial charge in [0.2, 0.25) is 0 Å². The van der Waals surface area contributed by atoms with Crippen LogP contribution in [0.3, 0.4) is 0 Å². The van der Waals surface area contributed by atoms with Crippen molar-refractivity contribution in [3.05, 3.63) is 76.2 Å². The number of carbonyl (C=O) groups is 1.